The lowest BCUT2D eigenvalue weighted by atomic mass is 10.1. The van der Waals surface area contributed by atoms with Gasteiger partial charge >= 0.3 is 5.97 Å². The number of hydrogen-bond acceptors (Lipinski definition) is 3. The number of nitrogens with one attached hydrogen (secondary N) is 1. The number of aryl methyl sites for hydroxylation is 1. The third kappa shape index (κ3) is 7.56. The summed E-state index contributed by atoms with van der Waals surface area (Å²) in [5.41, 5.74) is 1.77. The van der Waals surface area contributed by atoms with E-state index in [4.69, 9.17) is 5.11 Å². The van der Waals surface area contributed by atoms with Crippen LogP contribution in [0.3, 0.4) is 0 Å². The highest BCUT2D eigenvalue weighted by Crippen LogP contribution is 2.24. The van der Waals surface area contributed by atoms with Crippen LogP contribution in [0.2, 0.25) is 0 Å². The van der Waals surface area contributed by atoms with Crippen molar-refractivity contribution in [1.29, 1.82) is 0 Å². The molecule has 0 radical (unpaired) electrons. The number of rotatable bonds is 10. The van der Waals surface area contributed by atoms with Crippen LogP contribution in [-0.4, -0.2) is 25.2 Å². The summed E-state index contributed by atoms with van der Waals surface area (Å²) >= 11 is 0. The van der Waals surface area contributed by atoms with E-state index < -0.39 is 16.0 Å². The molecule has 2 N–H and O–H groups in total. The highest BCUT2D eigenvalue weighted by Gasteiger charge is 2.18. The Morgan fingerprint density at radius 3 is 2.76 bits per heavy atom. The van der Waals surface area contributed by atoms with Crippen LogP contribution in [0.25, 0.3) is 0 Å². The van der Waals surface area contributed by atoms with Gasteiger partial charge in [0, 0.05) is 12.1 Å². The Bertz CT molecular complexity index is 723. The van der Waals surface area contributed by atoms with Crippen molar-refractivity contribution in [1.82, 2.24) is 4.72 Å². The van der Waals surface area contributed by atoms with Gasteiger partial charge < -0.3 is 5.11 Å². The van der Waals surface area contributed by atoms with E-state index >= 15 is 0 Å². The summed E-state index contributed by atoms with van der Waals surface area (Å²) in [6, 6.07) is 9.57. The molecule has 6 heteroatoms. The first-order valence-corrected chi connectivity index (χ1v) is 10.2. The first-order chi connectivity index (χ1) is 11.9. The molecule has 0 amide bonds. The molecule has 1 atom stereocenters. The third-order valence-electron chi connectivity index (χ3n) is 4.10. The van der Waals surface area contributed by atoms with Crippen molar-refractivity contribution in [3.63, 3.8) is 0 Å². The monoisotopic (exact) mass is 363 g/mol. The molecule has 1 aromatic carbocycles. The molecule has 1 aromatic rings. The molecular weight excluding hydrogens is 338 g/mol. The number of unbranched alkanes of at least 4 members (excludes halogenated alkanes) is 1. The van der Waals surface area contributed by atoms with Crippen molar-refractivity contribution in [3.05, 3.63) is 59.8 Å². The van der Waals surface area contributed by atoms with Crippen LogP contribution in [0.1, 0.15) is 37.7 Å². The van der Waals surface area contributed by atoms with E-state index in [1.54, 1.807) is 0 Å². The highest BCUT2D eigenvalue weighted by molar-refractivity contribution is 7.89. The second-order valence-electron chi connectivity index (χ2n) is 6.27. The van der Waals surface area contributed by atoms with E-state index in [1.807, 2.05) is 48.6 Å². The van der Waals surface area contributed by atoms with E-state index in [2.05, 4.69) is 4.72 Å². The molecule has 1 aliphatic rings. The van der Waals surface area contributed by atoms with Gasteiger partial charge in [-0.05, 0) is 43.6 Å². The number of sulfonamides is 1. The minimum absolute atomic E-state index is 0.0735. The fraction of sp³-hybridized carbons (Fsp3) is 0.421. The molecular formula is C19H25NO4S. The Morgan fingerprint density at radius 2 is 2.04 bits per heavy atom. The summed E-state index contributed by atoms with van der Waals surface area (Å²) in [7, 11) is -3.33. The standard InChI is InChI=1S/C19H25NO4S/c21-19(22)10-6-2-5-9-17-11-12-18(15-17)20-25(23,24)14-13-16-7-3-1-4-8-16/h1,3-5,7-9,15,17,20H,2,6,10-14H2,(H,21,22)/t17-/m0/s1. The lowest BCUT2D eigenvalue weighted by Crippen LogP contribution is -2.26. The van der Waals surface area contributed by atoms with E-state index in [0.29, 0.717) is 19.3 Å². The number of hydrogen-bond donors (Lipinski definition) is 2. The number of benzene rings is 1. The molecule has 0 bridgehead atoms. The molecule has 0 aliphatic heterocycles. The van der Waals surface area contributed by atoms with Crippen molar-refractivity contribution < 1.29 is 18.3 Å². The SMILES string of the molecule is O=C(O)CCCC=C[C@@H]1C=C(NS(=O)(=O)CCc2ccccc2)CC1. The Balaban J connectivity index is 1.77. The van der Waals surface area contributed by atoms with Crippen molar-refractivity contribution in [2.45, 2.75) is 38.5 Å². The molecule has 136 valence electrons. The average molecular weight is 363 g/mol. The lowest BCUT2D eigenvalue weighted by Gasteiger charge is -2.08. The Labute approximate surface area is 149 Å². The molecule has 0 aromatic heterocycles. The van der Waals surface area contributed by atoms with Crippen LogP contribution in [-0.2, 0) is 21.2 Å². The van der Waals surface area contributed by atoms with E-state index in [-0.39, 0.29) is 18.1 Å². The van der Waals surface area contributed by atoms with Crippen LogP contribution >= 0.6 is 0 Å². The summed E-state index contributed by atoms with van der Waals surface area (Å²) in [6.07, 6.45) is 9.60. The van der Waals surface area contributed by atoms with Crippen LogP contribution < -0.4 is 4.72 Å². The van der Waals surface area contributed by atoms with Crippen molar-refractivity contribution >= 4 is 16.0 Å². The summed E-state index contributed by atoms with van der Waals surface area (Å²) < 4.78 is 27.1. The van der Waals surface area contributed by atoms with Gasteiger partial charge in [0.05, 0.1) is 5.75 Å². The third-order valence-corrected chi connectivity index (χ3v) is 5.41. The second-order valence-corrected chi connectivity index (χ2v) is 8.11. The van der Waals surface area contributed by atoms with Gasteiger partial charge in [0.25, 0.3) is 0 Å². The van der Waals surface area contributed by atoms with Crippen LogP contribution in [0.5, 0.6) is 0 Å². The number of carboxylic acid groups (broad SMARTS) is 1. The van der Waals surface area contributed by atoms with Crippen molar-refractivity contribution in [2.75, 3.05) is 5.75 Å². The Hall–Kier alpha value is -2.08. The maximum absolute atomic E-state index is 12.2. The van der Waals surface area contributed by atoms with Gasteiger partial charge in [-0.2, -0.15) is 0 Å². The van der Waals surface area contributed by atoms with Crippen LogP contribution in [0.15, 0.2) is 54.3 Å². The van der Waals surface area contributed by atoms with Crippen molar-refractivity contribution in [2.24, 2.45) is 5.92 Å². The Kier molecular flexibility index (Phi) is 7.25. The molecule has 0 saturated heterocycles. The quantitative estimate of drug-likeness (QED) is 0.494. The molecule has 0 heterocycles. The molecule has 0 unspecified atom stereocenters. The number of carbonyl (C=O) groups is 1. The zero-order chi connectivity index (χ0) is 18.1. The average Bonchev–Trinajstić information content (AvgIpc) is 3.00. The largest absolute Gasteiger partial charge is 0.481 e. The molecule has 0 saturated carbocycles. The predicted octanol–water partition coefficient (Wildman–Crippen LogP) is 3.25. The fourth-order valence-electron chi connectivity index (χ4n) is 2.77. The van der Waals surface area contributed by atoms with Gasteiger partial charge in [0.1, 0.15) is 0 Å². The molecule has 1 aliphatic carbocycles. The summed E-state index contributed by atoms with van der Waals surface area (Å²) in [5, 5.41) is 8.58. The van der Waals surface area contributed by atoms with Crippen LogP contribution in [0, 0.1) is 5.92 Å². The first kappa shape index (κ1) is 19.2. The zero-order valence-corrected chi connectivity index (χ0v) is 15.0. The summed E-state index contributed by atoms with van der Waals surface area (Å²) in [6.45, 7) is 0. The smallest absolute Gasteiger partial charge is 0.303 e. The van der Waals surface area contributed by atoms with Gasteiger partial charge in [-0.15, -0.1) is 0 Å². The van der Waals surface area contributed by atoms with Gasteiger partial charge in [-0.25, -0.2) is 8.42 Å². The number of aliphatic carboxylic acids is 1. The van der Waals surface area contributed by atoms with Gasteiger partial charge in [-0.3, -0.25) is 9.52 Å². The number of allylic oxidation sites excluding steroid dienone is 4. The van der Waals surface area contributed by atoms with E-state index in [0.717, 1.165) is 24.1 Å². The molecule has 0 spiro atoms. The Morgan fingerprint density at radius 1 is 1.28 bits per heavy atom. The predicted molar refractivity (Wildman–Crippen MR) is 98.5 cm³/mol. The molecule has 0 fully saturated rings. The number of carboxylic acids is 1. The minimum Gasteiger partial charge on any atom is -0.481 e. The van der Waals surface area contributed by atoms with Gasteiger partial charge in [-0.1, -0.05) is 48.6 Å². The van der Waals surface area contributed by atoms with Crippen LogP contribution in [0.4, 0.5) is 0 Å². The van der Waals surface area contributed by atoms with E-state index in [1.165, 1.54) is 0 Å². The maximum atomic E-state index is 12.2. The van der Waals surface area contributed by atoms with Crippen molar-refractivity contribution in [3.8, 4) is 0 Å². The normalized spacial score (nSPS) is 17.6. The first-order valence-electron chi connectivity index (χ1n) is 8.58. The second kappa shape index (κ2) is 9.42. The highest BCUT2D eigenvalue weighted by atomic mass is 32.2. The lowest BCUT2D eigenvalue weighted by molar-refractivity contribution is -0.137. The van der Waals surface area contributed by atoms with Gasteiger partial charge in [0.15, 0.2) is 0 Å². The molecule has 5 nitrogen and oxygen atoms in total. The van der Waals surface area contributed by atoms with E-state index in [9.17, 15) is 13.2 Å². The topological polar surface area (TPSA) is 83.5 Å². The molecule has 2 rings (SSSR count). The maximum Gasteiger partial charge on any atom is 0.303 e. The minimum atomic E-state index is -3.33. The summed E-state index contributed by atoms with van der Waals surface area (Å²) in [4.78, 5) is 10.4. The van der Waals surface area contributed by atoms with Gasteiger partial charge in [0.2, 0.25) is 10.0 Å². The zero-order valence-electron chi connectivity index (χ0n) is 14.2. The fourth-order valence-corrected chi connectivity index (χ4v) is 3.95. The molecule has 25 heavy (non-hydrogen) atoms. The summed E-state index contributed by atoms with van der Waals surface area (Å²) in [5.74, 6) is -0.484.